The first-order valence-corrected chi connectivity index (χ1v) is 13.0. The van der Waals surface area contributed by atoms with Crippen LogP contribution in [0.4, 0.5) is 19.1 Å². The van der Waals surface area contributed by atoms with Gasteiger partial charge in [0.1, 0.15) is 0 Å². The summed E-state index contributed by atoms with van der Waals surface area (Å²) >= 11 is 0. The van der Waals surface area contributed by atoms with Gasteiger partial charge in [0.15, 0.2) is 5.69 Å². The van der Waals surface area contributed by atoms with E-state index in [0.29, 0.717) is 31.5 Å². The number of morpholine rings is 1. The largest absolute Gasteiger partial charge is 0.433 e. The molecule has 0 radical (unpaired) electrons. The third kappa shape index (κ3) is 4.92. The molecule has 1 saturated heterocycles. The fourth-order valence-electron chi connectivity index (χ4n) is 7.33. The third-order valence-corrected chi connectivity index (χ3v) is 8.62. The Kier molecular flexibility index (Phi) is 6.00. The van der Waals surface area contributed by atoms with Crippen LogP contribution in [0.25, 0.3) is 0 Å². The topological polar surface area (TPSA) is 50.3 Å². The highest BCUT2D eigenvalue weighted by Gasteiger charge is 2.48. The number of rotatable bonds is 5. The molecule has 1 N–H and O–H groups in total. The molecule has 4 saturated carbocycles. The van der Waals surface area contributed by atoms with E-state index in [1.165, 1.54) is 25.5 Å². The van der Waals surface area contributed by atoms with Gasteiger partial charge >= 0.3 is 6.18 Å². The predicted molar refractivity (Wildman–Crippen MR) is 127 cm³/mol. The van der Waals surface area contributed by atoms with Gasteiger partial charge in [-0.05, 0) is 68.3 Å². The van der Waals surface area contributed by atoms with Crippen LogP contribution < -0.4 is 5.32 Å². The molecule has 5 aliphatic rings. The van der Waals surface area contributed by atoms with Crippen molar-refractivity contribution in [2.75, 3.05) is 25.0 Å². The Morgan fingerprint density at radius 1 is 1.06 bits per heavy atom. The maximum atomic E-state index is 14.1. The highest BCUT2D eigenvalue weighted by atomic mass is 19.4. The maximum absolute atomic E-state index is 14.1. The lowest BCUT2D eigenvalue weighted by molar-refractivity contribution is -0.142. The van der Waals surface area contributed by atoms with Crippen molar-refractivity contribution >= 4 is 5.95 Å². The molecule has 1 aliphatic heterocycles. The fourth-order valence-corrected chi connectivity index (χ4v) is 7.33. The monoisotopic (exact) mass is 486 g/mol. The standard InChI is InChI=1S/C27H33F3N4O/c28-27(29,30)24-22(16-34-8-9-35-23(17-34)21-4-2-1-3-5-21)15-31-25(32-24)33-26-7-6-18-10-19(13-26)12-20(11-18)14-26/h1-5,15,18-20,23H,6-14,16-17H2,(H,31,32,33). The Morgan fingerprint density at radius 2 is 1.80 bits per heavy atom. The van der Waals surface area contributed by atoms with E-state index in [1.54, 1.807) is 0 Å². The van der Waals surface area contributed by atoms with Crippen LogP contribution >= 0.6 is 0 Å². The van der Waals surface area contributed by atoms with Gasteiger partial charge in [-0.15, -0.1) is 0 Å². The zero-order chi connectivity index (χ0) is 24.0. The maximum Gasteiger partial charge on any atom is 0.433 e. The van der Waals surface area contributed by atoms with Crippen LogP contribution in [-0.2, 0) is 17.5 Å². The van der Waals surface area contributed by atoms with Crippen LogP contribution in [0, 0.1) is 17.8 Å². The minimum absolute atomic E-state index is 0.124. The highest BCUT2D eigenvalue weighted by molar-refractivity contribution is 5.35. The molecular weight excluding hydrogens is 453 g/mol. The lowest BCUT2D eigenvalue weighted by atomic mass is 9.65. The molecule has 3 atom stereocenters. The van der Waals surface area contributed by atoms with Crippen molar-refractivity contribution < 1.29 is 17.9 Å². The summed E-state index contributed by atoms with van der Waals surface area (Å²) in [6, 6.07) is 9.82. The van der Waals surface area contributed by atoms with Crippen molar-refractivity contribution in [2.24, 2.45) is 17.8 Å². The number of benzene rings is 1. The molecule has 3 unspecified atom stereocenters. The second kappa shape index (κ2) is 9.04. The van der Waals surface area contributed by atoms with Crippen LogP contribution in [-0.4, -0.2) is 40.1 Å². The summed E-state index contributed by atoms with van der Waals surface area (Å²) in [6.45, 7) is 1.74. The Hall–Kier alpha value is -2.19. The number of fused-ring (bicyclic) bond motifs is 1. The summed E-state index contributed by atoms with van der Waals surface area (Å²) in [4.78, 5) is 10.5. The number of hydrogen-bond donors (Lipinski definition) is 1. The molecule has 5 fully saturated rings. The number of anilines is 1. The molecule has 0 spiro atoms. The van der Waals surface area contributed by atoms with Gasteiger partial charge in [-0.25, -0.2) is 9.97 Å². The molecule has 1 aromatic heterocycles. The van der Waals surface area contributed by atoms with E-state index in [1.807, 2.05) is 35.2 Å². The Balaban J connectivity index is 1.21. The number of nitrogens with zero attached hydrogens (tertiary/aromatic N) is 3. The van der Waals surface area contributed by atoms with Gasteiger partial charge < -0.3 is 10.1 Å². The van der Waals surface area contributed by atoms with Crippen molar-refractivity contribution in [1.82, 2.24) is 14.9 Å². The van der Waals surface area contributed by atoms with E-state index in [2.05, 4.69) is 15.3 Å². The van der Waals surface area contributed by atoms with Crippen molar-refractivity contribution in [3.05, 3.63) is 53.3 Å². The lowest BCUT2D eigenvalue weighted by Crippen LogP contribution is -2.45. The van der Waals surface area contributed by atoms with Crippen molar-refractivity contribution in [1.29, 1.82) is 0 Å². The average molecular weight is 487 g/mol. The summed E-state index contributed by atoms with van der Waals surface area (Å²) in [5.74, 6) is 2.28. The number of nitrogens with one attached hydrogen (secondary N) is 1. The summed E-state index contributed by atoms with van der Waals surface area (Å²) in [7, 11) is 0. The molecule has 4 aliphatic carbocycles. The molecule has 2 heterocycles. The molecule has 4 bridgehead atoms. The number of halogens is 3. The van der Waals surface area contributed by atoms with Crippen molar-refractivity contribution in [2.45, 2.75) is 69.3 Å². The van der Waals surface area contributed by atoms with Gasteiger partial charge in [0.25, 0.3) is 0 Å². The normalized spacial score (nSPS) is 33.0. The van der Waals surface area contributed by atoms with E-state index in [0.717, 1.165) is 37.2 Å². The van der Waals surface area contributed by atoms with E-state index in [-0.39, 0.29) is 29.7 Å². The molecule has 7 rings (SSSR count). The third-order valence-electron chi connectivity index (χ3n) is 8.62. The average Bonchev–Trinajstić information content (AvgIpc) is 3.03. The molecule has 1 aromatic carbocycles. The summed E-state index contributed by atoms with van der Waals surface area (Å²) in [5, 5.41) is 3.44. The first-order chi connectivity index (χ1) is 16.9. The van der Waals surface area contributed by atoms with E-state index >= 15 is 0 Å². The Morgan fingerprint density at radius 3 is 2.54 bits per heavy atom. The van der Waals surface area contributed by atoms with Crippen LogP contribution in [0.5, 0.6) is 0 Å². The number of aromatic nitrogens is 2. The summed E-state index contributed by atoms with van der Waals surface area (Å²) in [6.07, 6.45) is 4.75. The number of alkyl halides is 3. The summed E-state index contributed by atoms with van der Waals surface area (Å²) in [5.41, 5.74) is 0.185. The molecule has 35 heavy (non-hydrogen) atoms. The minimum Gasteiger partial charge on any atom is -0.371 e. The number of hydrogen-bond acceptors (Lipinski definition) is 5. The Bertz CT molecular complexity index is 1030. The highest BCUT2D eigenvalue weighted by Crippen LogP contribution is 2.53. The molecular formula is C27H33F3N4O. The second-order valence-electron chi connectivity index (χ2n) is 11.2. The van der Waals surface area contributed by atoms with Crippen molar-refractivity contribution in [3.63, 3.8) is 0 Å². The van der Waals surface area contributed by atoms with Gasteiger partial charge in [-0.3, -0.25) is 4.90 Å². The predicted octanol–water partition coefficient (Wildman–Crippen LogP) is 5.84. The van der Waals surface area contributed by atoms with Gasteiger partial charge in [0.05, 0.1) is 12.7 Å². The minimum atomic E-state index is -4.53. The van der Waals surface area contributed by atoms with Crippen LogP contribution in [0.15, 0.2) is 36.5 Å². The first-order valence-electron chi connectivity index (χ1n) is 13.0. The van der Waals surface area contributed by atoms with Gasteiger partial charge in [0.2, 0.25) is 5.95 Å². The van der Waals surface area contributed by atoms with Gasteiger partial charge in [-0.1, -0.05) is 30.3 Å². The zero-order valence-electron chi connectivity index (χ0n) is 19.9. The SMILES string of the molecule is FC(F)(F)c1nc(NC23CCC4CC(CC(C4)C2)C3)ncc1CN1CCOC(c2ccccc2)C1. The second-order valence-corrected chi connectivity index (χ2v) is 11.2. The van der Waals surface area contributed by atoms with Crippen LogP contribution in [0.1, 0.15) is 67.9 Å². The Labute approximate surface area is 204 Å². The van der Waals surface area contributed by atoms with Crippen molar-refractivity contribution in [3.8, 4) is 0 Å². The first kappa shape index (κ1) is 23.2. The van der Waals surface area contributed by atoms with Gasteiger partial charge in [-0.2, -0.15) is 13.2 Å². The molecule has 0 amide bonds. The van der Waals surface area contributed by atoms with Gasteiger partial charge in [0, 0.05) is 36.9 Å². The smallest absolute Gasteiger partial charge is 0.371 e. The molecule has 8 heteroatoms. The molecule has 5 nitrogen and oxygen atoms in total. The molecule has 2 aromatic rings. The molecule has 188 valence electrons. The van der Waals surface area contributed by atoms with E-state index in [9.17, 15) is 13.2 Å². The quantitative estimate of drug-likeness (QED) is 0.576. The van der Waals surface area contributed by atoms with Crippen LogP contribution in [0.2, 0.25) is 0 Å². The van der Waals surface area contributed by atoms with E-state index in [4.69, 9.17) is 4.74 Å². The zero-order valence-corrected chi connectivity index (χ0v) is 19.9. The lowest BCUT2D eigenvalue weighted by Gasteiger charge is -2.45. The van der Waals surface area contributed by atoms with E-state index < -0.39 is 11.9 Å². The van der Waals surface area contributed by atoms with Crippen LogP contribution in [0.3, 0.4) is 0 Å². The fraction of sp³-hybridized carbons (Fsp3) is 0.630. The summed E-state index contributed by atoms with van der Waals surface area (Å²) < 4.78 is 48.3. The number of ether oxygens (including phenoxy) is 1.